The van der Waals surface area contributed by atoms with E-state index >= 15 is 0 Å². The second kappa shape index (κ2) is 5.38. The minimum absolute atomic E-state index is 0.114. The third-order valence-electron chi connectivity index (χ3n) is 3.06. The predicted octanol–water partition coefficient (Wildman–Crippen LogP) is 5.91. The van der Waals surface area contributed by atoms with E-state index in [1.807, 2.05) is 0 Å². The number of allylic oxidation sites excluding steroid dienone is 2. The third-order valence-corrected chi connectivity index (χ3v) is 3.06. The van der Waals surface area contributed by atoms with E-state index in [0.717, 1.165) is 0 Å². The Hall–Kier alpha value is -0.920. The highest BCUT2D eigenvalue weighted by molar-refractivity contribution is 5.18. The van der Waals surface area contributed by atoms with Gasteiger partial charge in [-0.15, -0.1) is 0 Å². The van der Waals surface area contributed by atoms with Gasteiger partial charge in [0.05, 0.1) is 0 Å². The first-order chi connectivity index (χ1) is 7.76. The summed E-state index contributed by atoms with van der Waals surface area (Å²) in [7, 11) is 0. The molecule has 18 heavy (non-hydrogen) atoms. The highest BCUT2D eigenvalue weighted by Crippen LogP contribution is 2.38. The molecule has 102 valence electrons. The fourth-order valence-corrected chi connectivity index (χ4v) is 1.88. The average Bonchev–Trinajstić information content (AvgIpc) is 2.05. The molecule has 0 aromatic carbocycles. The molecule has 0 nitrogen and oxygen atoms in total. The van der Waals surface area contributed by atoms with Gasteiger partial charge in [0.2, 0.25) is 0 Å². The average molecular weight is 246 g/mol. The van der Waals surface area contributed by atoms with Crippen LogP contribution in [0, 0.1) is 16.2 Å². The van der Waals surface area contributed by atoms with Crippen LogP contribution in [0.3, 0.4) is 0 Å². The van der Waals surface area contributed by atoms with Crippen molar-refractivity contribution < 1.29 is 0 Å². The van der Waals surface area contributed by atoms with Gasteiger partial charge in [-0.1, -0.05) is 73.8 Å². The second-order valence-electron chi connectivity index (χ2n) is 8.12. The molecule has 0 aliphatic rings. The van der Waals surface area contributed by atoms with Crippen molar-refractivity contribution >= 4 is 0 Å². The summed E-state index contributed by atoms with van der Waals surface area (Å²) in [4.78, 5) is 0. The van der Waals surface area contributed by atoms with Crippen LogP contribution >= 0.6 is 0 Å². The number of hydrogen-bond acceptors (Lipinski definition) is 0. The molecule has 0 aromatic rings. The van der Waals surface area contributed by atoms with E-state index < -0.39 is 0 Å². The van der Waals surface area contributed by atoms with Crippen LogP contribution in [0.15, 0.2) is 28.3 Å². The Morgan fingerprint density at radius 3 is 1.28 bits per heavy atom. The molecular weight excluding hydrogens is 216 g/mol. The van der Waals surface area contributed by atoms with Gasteiger partial charge in [-0.05, 0) is 40.0 Å². The standard InChI is InChI=1S/C18H30/c1-14(16(2,3)4)12-11-13-15(17(5,6)7)18(8,9)10/h1-10H3. The zero-order chi connectivity index (χ0) is 14.8. The molecule has 0 aliphatic heterocycles. The molecule has 0 heteroatoms. The lowest BCUT2D eigenvalue weighted by molar-refractivity contribution is 0.363. The molecule has 0 heterocycles. The fourth-order valence-electron chi connectivity index (χ4n) is 1.88. The highest BCUT2D eigenvalue weighted by atomic mass is 14.3. The summed E-state index contributed by atoms with van der Waals surface area (Å²) in [5.74, 6) is 0. The number of rotatable bonds is 0. The van der Waals surface area contributed by atoms with Crippen molar-refractivity contribution in [2.75, 3.05) is 0 Å². The van der Waals surface area contributed by atoms with Gasteiger partial charge in [0.1, 0.15) is 0 Å². The fraction of sp³-hybridized carbons (Fsp3) is 0.722. The van der Waals surface area contributed by atoms with Crippen LogP contribution < -0.4 is 0 Å². The summed E-state index contributed by atoms with van der Waals surface area (Å²) in [6.45, 7) is 22.0. The van der Waals surface area contributed by atoms with E-state index in [4.69, 9.17) is 0 Å². The Labute approximate surface area is 114 Å². The largest absolute Gasteiger partial charge is 0.0621 e. The molecule has 0 saturated carbocycles. The van der Waals surface area contributed by atoms with E-state index in [-0.39, 0.29) is 16.2 Å². The zero-order valence-corrected chi connectivity index (χ0v) is 14.0. The smallest absolute Gasteiger partial charge is 0.00851 e. The van der Waals surface area contributed by atoms with Crippen LogP contribution in [-0.2, 0) is 0 Å². The monoisotopic (exact) mass is 246 g/mol. The van der Waals surface area contributed by atoms with Crippen molar-refractivity contribution in [2.45, 2.75) is 69.2 Å². The molecule has 0 spiro atoms. The van der Waals surface area contributed by atoms with Gasteiger partial charge >= 0.3 is 0 Å². The quantitative estimate of drug-likeness (QED) is 0.466. The Bertz CT molecular complexity index is 404. The van der Waals surface area contributed by atoms with Crippen LogP contribution in [0.2, 0.25) is 0 Å². The molecule has 0 unspecified atom stereocenters. The predicted molar refractivity (Wildman–Crippen MR) is 81.6 cm³/mol. The maximum absolute atomic E-state index is 3.34. The molecule has 0 N–H and O–H groups in total. The molecule has 0 fully saturated rings. The summed E-state index contributed by atoms with van der Waals surface area (Å²) in [6.07, 6.45) is 0. The lowest BCUT2D eigenvalue weighted by atomic mass is 9.72. The van der Waals surface area contributed by atoms with Crippen molar-refractivity contribution in [2.24, 2.45) is 16.2 Å². The second-order valence-corrected chi connectivity index (χ2v) is 8.12. The van der Waals surface area contributed by atoms with Gasteiger partial charge < -0.3 is 0 Å². The first kappa shape index (κ1) is 17.1. The van der Waals surface area contributed by atoms with Crippen molar-refractivity contribution in [3.05, 3.63) is 28.3 Å². The SMILES string of the molecule is CC(=C=C=C=C(C(C)(C)C)C(C)(C)C)C(C)(C)C. The van der Waals surface area contributed by atoms with Crippen LogP contribution in [-0.4, -0.2) is 0 Å². The Balaban J connectivity index is 5.99. The first-order valence-corrected chi connectivity index (χ1v) is 6.75. The summed E-state index contributed by atoms with van der Waals surface area (Å²) in [5.41, 5.74) is 12.6. The Kier molecular flexibility index (Phi) is 5.10. The third kappa shape index (κ3) is 5.61. The van der Waals surface area contributed by atoms with E-state index in [1.165, 1.54) is 11.1 Å². The highest BCUT2D eigenvalue weighted by Gasteiger charge is 2.27. The summed E-state index contributed by atoms with van der Waals surface area (Å²) < 4.78 is 0. The molecule has 0 aliphatic carbocycles. The first-order valence-electron chi connectivity index (χ1n) is 6.75. The molecule has 0 amide bonds. The molecular formula is C18H30. The lowest BCUT2D eigenvalue weighted by Gasteiger charge is -2.31. The molecule has 0 bridgehead atoms. The molecule has 0 rings (SSSR count). The van der Waals surface area contributed by atoms with Crippen molar-refractivity contribution in [1.82, 2.24) is 0 Å². The van der Waals surface area contributed by atoms with E-state index in [9.17, 15) is 0 Å². The van der Waals surface area contributed by atoms with Gasteiger partial charge in [-0.3, -0.25) is 0 Å². The van der Waals surface area contributed by atoms with Gasteiger partial charge in [-0.2, -0.15) is 0 Å². The van der Waals surface area contributed by atoms with Crippen LogP contribution in [0.5, 0.6) is 0 Å². The molecule has 0 saturated heterocycles. The normalized spacial score (nSPS) is 12.3. The maximum Gasteiger partial charge on any atom is -0.00851 e. The van der Waals surface area contributed by atoms with Gasteiger partial charge in [0.25, 0.3) is 0 Å². The van der Waals surface area contributed by atoms with Crippen LogP contribution in [0.25, 0.3) is 0 Å². The summed E-state index contributed by atoms with van der Waals surface area (Å²) >= 11 is 0. The van der Waals surface area contributed by atoms with Crippen molar-refractivity contribution in [1.29, 1.82) is 0 Å². The summed E-state index contributed by atoms with van der Waals surface area (Å²) in [5, 5.41) is 0. The van der Waals surface area contributed by atoms with Crippen molar-refractivity contribution in [3.63, 3.8) is 0 Å². The minimum atomic E-state index is 0.114. The molecule has 0 atom stereocenters. The van der Waals surface area contributed by atoms with E-state index in [0.29, 0.717) is 0 Å². The van der Waals surface area contributed by atoms with Crippen LogP contribution in [0.1, 0.15) is 69.2 Å². The zero-order valence-electron chi connectivity index (χ0n) is 14.0. The van der Waals surface area contributed by atoms with Gasteiger partial charge in [0.15, 0.2) is 0 Å². The summed E-state index contributed by atoms with van der Waals surface area (Å²) in [6, 6.07) is 0. The van der Waals surface area contributed by atoms with Gasteiger partial charge in [0, 0.05) is 0 Å². The van der Waals surface area contributed by atoms with Crippen LogP contribution in [0.4, 0.5) is 0 Å². The van der Waals surface area contributed by atoms with E-state index in [2.05, 4.69) is 86.4 Å². The molecule has 0 aromatic heterocycles. The number of hydrogen-bond donors (Lipinski definition) is 0. The van der Waals surface area contributed by atoms with Crippen molar-refractivity contribution in [3.8, 4) is 0 Å². The Morgan fingerprint density at radius 1 is 0.611 bits per heavy atom. The molecule has 0 radical (unpaired) electrons. The van der Waals surface area contributed by atoms with Gasteiger partial charge in [-0.25, -0.2) is 0 Å². The lowest BCUT2D eigenvalue weighted by Crippen LogP contribution is -2.21. The van der Waals surface area contributed by atoms with E-state index in [1.54, 1.807) is 0 Å². The maximum atomic E-state index is 3.34. The minimum Gasteiger partial charge on any atom is -0.0621 e. The topological polar surface area (TPSA) is 0 Å². The Morgan fingerprint density at radius 2 is 1.00 bits per heavy atom.